The quantitative estimate of drug-likeness (QED) is 0.769. The van der Waals surface area contributed by atoms with E-state index in [0.717, 1.165) is 18.2 Å². The van der Waals surface area contributed by atoms with E-state index in [1.54, 1.807) is 24.3 Å². The third-order valence-electron chi connectivity index (χ3n) is 4.47. The Hall–Kier alpha value is -3.49. The van der Waals surface area contributed by atoms with Gasteiger partial charge in [0.1, 0.15) is 35.2 Å². The summed E-state index contributed by atoms with van der Waals surface area (Å²) < 4.78 is 32.4. The number of hydrogen-bond donors (Lipinski definition) is 2. The lowest BCUT2D eigenvalue weighted by Crippen LogP contribution is -2.42. The third kappa shape index (κ3) is 3.38. The Bertz CT molecular complexity index is 928. The molecule has 3 rings (SSSR count). The van der Waals surface area contributed by atoms with Crippen LogP contribution in [0.25, 0.3) is 0 Å². The van der Waals surface area contributed by atoms with Crippen LogP contribution >= 0.6 is 0 Å². The summed E-state index contributed by atoms with van der Waals surface area (Å²) in [5.41, 5.74) is -1.53. The van der Waals surface area contributed by atoms with Gasteiger partial charge in [-0.05, 0) is 36.8 Å². The maximum Gasteiger partial charge on any atom is 0.325 e. The number of benzene rings is 2. The molecule has 0 spiro atoms. The molecule has 1 saturated heterocycles. The van der Waals surface area contributed by atoms with Crippen LogP contribution in [0.1, 0.15) is 12.5 Å². The molecule has 0 bridgehead atoms. The number of urea groups is 1. The first kappa shape index (κ1) is 19.3. The topological polar surface area (TPSA) is 87.7 Å². The summed E-state index contributed by atoms with van der Waals surface area (Å²) >= 11 is 0. The Labute approximate surface area is 159 Å². The van der Waals surface area contributed by atoms with Gasteiger partial charge in [0.15, 0.2) is 0 Å². The summed E-state index contributed by atoms with van der Waals surface area (Å²) in [5, 5.41) is 4.59. The number of carbonyl (C=O) groups is 3. The normalized spacial score (nSPS) is 18.8. The van der Waals surface area contributed by atoms with Gasteiger partial charge in [0.05, 0.1) is 7.11 Å². The van der Waals surface area contributed by atoms with Crippen molar-refractivity contribution in [2.45, 2.75) is 12.5 Å². The highest BCUT2D eigenvalue weighted by atomic mass is 19.1. The van der Waals surface area contributed by atoms with E-state index in [9.17, 15) is 23.2 Å². The van der Waals surface area contributed by atoms with Gasteiger partial charge in [0.25, 0.3) is 5.91 Å². The number of halogens is 2. The smallest absolute Gasteiger partial charge is 0.325 e. The molecule has 2 aromatic rings. The van der Waals surface area contributed by atoms with Crippen molar-refractivity contribution in [3.63, 3.8) is 0 Å². The fraction of sp³-hybridized carbons (Fsp3) is 0.211. The second kappa shape index (κ2) is 7.26. The van der Waals surface area contributed by atoms with E-state index in [2.05, 4.69) is 5.32 Å². The fourth-order valence-corrected chi connectivity index (χ4v) is 2.90. The Morgan fingerprint density at radius 3 is 2.32 bits per heavy atom. The Morgan fingerprint density at radius 1 is 1.14 bits per heavy atom. The zero-order chi connectivity index (χ0) is 20.5. The van der Waals surface area contributed by atoms with Crippen LogP contribution in [0, 0.1) is 11.6 Å². The monoisotopic (exact) mass is 389 g/mol. The van der Waals surface area contributed by atoms with Crippen LogP contribution < -0.4 is 15.4 Å². The van der Waals surface area contributed by atoms with E-state index < -0.39 is 47.3 Å². The molecule has 1 aliphatic heterocycles. The minimum Gasteiger partial charge on any atom is -0.497 e. The minimum atomic E-state index is -1.38. The molecule has 7 nitrogen and oxygen atoms in total. The number of methoxy groups -OCH3 is 1. The molecular weight excluding hydrogens is 372 g/mol. The van der Waals surface area contributed by atoms with Crippen LogP contribution in [-0.4, -0.2) is 36.4 Å². The summed E-state index contributed by atoms with van der Waals surface area (Å²) in [7, 11) is 1.50. The van der Waals surface area contributed by atoms with E-state index in [-0.39, 0.29) is 0 Å². The number of ether oxygens (including phenoxy) is 1. The van der Waals surface area contributed by atoms with Crippen molar-refractivity contribution in [2.75, 3.05) is 19.0 Å². The number of hydrogen-bond acceptors (Lipinski definition) is 4. The lowest BCUT2D eigenvalue weighted by Gasteiger charge is -2.22. The average molecular weight is 389 g/mol. The van der Waals surface area contributed by atoms with Crippen LogP contribution in [-0.2, 0) is 15.1 Å². The first-order chi connectivity index (χ1) is 13.3. The summed E-state index contributed by atoms with van der Waals surface area (Å²) in [6.07, 6.45) is 0. The number of para-hydroxylation sites is 1. The summed E-state index contributed by atoms with van der Waals surface area (Å²) in [6.45, 7) is 0.813. The highest BCUT2D eigenvalue weighted by Gasteiger charge is 2.49. The zero-order valence-electron chi connectivity index (χ0n) is 15.1. The summed E-state index contributed by atoms with van der Waals surface area (Å²) in [4.78, 5) is 37.9. The number of amides is 4. The van der Waals surface area contributed by atoms with E-state index in [1.807, 2.05) is 5.32 Å². The third-order valence-corrected chi connectivity index (χ3v) is 4.47. The molecule has 1 fully saturated rings. The van der Waals surface area contributed by atoms with Gasteiger partial charge in [-0.3, -0.25) is 14.5 Å². The zero-order valence-corrected chi connectivity index (χ0v) is 15.1. The molecular formula is C19H17F2N3O4. The predicted octanol–water partition coefficient (Wildman–Crippen LogP) is 2.38. The number of imide groups is 1. The van der Waals surface area contributed by atoms with Crippen LogP contribution in [0.4, 0.5) is 19.3 Å². The molecule has 1 aliphatic rings. The van der Waals surface area contributed by atoms with Crippen LogP contribution in [0.5, 0.6) is 5.75 Å². The van der Waals surface area contributed by atoms with Gasteiger partial charge < -0.3 is 15.4 Å². The fourth-order valence-electron chi connectivity index (χ4n) is 2.90. The van der Waals surface area contributed by atoms with Crippen molar-refractivity contribution in [3.8, 4) is 5.75 Å². The van der Waals surface area contributed by atoms with Gasteiger partial charge in [-0.2, -0.15) is 0 Å². The summed E-state index contributed by atoms with van der Waals surface area (Å²) in [5.74, 6) is -2.92. The maximum atomic E-state index is 13.7. The maximum absolute atomic E-state index is 13.7. The molecule has 0 radical (unpaired) electrons. The van der Waals surface area contributed by atoms with E-state index in [1.165, 1.54) is 14.0 Å². The van der Waals surface area contributed by atoms with E-state index in [0.29, 0.717) is 16.2 Å². The number of nitrogens with zero attached hydrogens (tertiary/aromatic N) is 1. The van der Waals surface area contributed by atoms with Crippen molar-refractivity contribution in [1.82, 2.24) is 10.2 Å². The van der Waals surface area contributed by atoms with Crippen molar-refractivity contribution < 1.29 is 27.9 Å². The van der Waals surface area contributed by atoms with Crippen LogP contribution in [0.15, 0.2) is 42.5 Å². The molecule has 1 heterocycles. The molecule has 146 valence electrons. The first-order valence-electron chi connectivity index (χ1n) is 8.29. The van der Waals surface area contributed by atoms with Gasteiger partial charge in [-0.1, -0.05) is 18.2 Å². The SMILES string of the molecule is COc1ccc(C2(C)NC(=O)N(CC(=O)Nc3c(F)cccc3F)C2=O)cc1. The first-order valence-corrected chi connectivity index (χ1v) is 8.29. The molecule has 0 aromatic heterocycles. The van der Waals surface area contributed by atoms with Crippen LogP contribution in [0.3, 0.4) is 0 Å². The standard InChI is InChI=1S/C19H17F2N3O4/c1-19(11-6-8-12(28-2)9-7-11)17(26)24(18(27)23-19)10-15(25)22-16-13(20)4-3-5-14(16)21/h3-9H,10H2,1-2H3,(H,22,25)(H,23,27). The molecule has 1 atom stereocenters. The lowest BCUT2D eigenvalue weighted by molar-refractivity contribution is -0.133. The van der Waals surface area contributed by atoms with Crippen molar-refractivity contribution >= 4 is 23.5 Å². The Balaban J connectivity index is 1.77. The molecule has 2 N–H and O–H groups in total. The Kier molecular flexibility index (Phi) is 5.00. The van der Waals surface area contributed by atoms with Crippen LogP contribution in [0.2, 0.25) is 0 Å². The van der Waals surface area contributed by atoms with Gasteiger partial charge >= 0.3 is 6.03 Å². The number of carbonyl (C=O) groups excluding carboxylic acids is 3. The highest BCUT2D eigenvalue weighted by Crippen LogP contribution is 2.30. The van der Waals surface area contributed by atoms with Gasteiger partial charge in [-0.25, -0.2) is 13.6 Å². The molecule has 4 amide bonds. The van der Waals surface area contributed by atoms with Gasteiger partial charge in [0.2, 0.25) is 5.91 Å². The van der Waals surface area contributed by atoms with Gasteiger partial charge in [-0.15, -0.1) is 0 Å². The van der Waals surface area contributed by atoms with E-state index in [4.69, 9.17) is 4.74 Å². The van der Waals surface area contributed by atoms with Crippen molar-refractivity contribution in [3.05, 3.63) is 59.7 Å². The highest BCUT2D eigenvalue weighted by molar-refractivity contribution is 6.10. The number of rotatable bonds is 5. The second-order valence-corrected chi connectivity index (χ2v) is 6.32. The molecule has 9 heteroatoms. The number of nitrogens with one attached hydrogen (secondary N) is 2. The van der Waals surface area contributed by atoms with Crippen molar-refractivity contribution in [2.24, 2.45) is 0 Å². The number of anilines is 1. The predicted molar refractivity (Wildman–Crippen MR) is 95.6 cm³/mol. The molecule has 0 aliphatic carbocycles. The Morgan fingerprint density at radius 2 is 1.75 bits per heavy atom. The molecule has 0 saturated carbocycles. The molecule has 1 unspecified atom stereocenters. The van der Waals surface area contributed by atoms with Gasteiger partial charge in [0, 0.05) is 0 Å². The van der Waals surface area contributed by atoms with Crippen molar-refractivity contribution in [1.29, 1.82) is 0 Å². The molecule has 28 heavy (non-hydrogen) atoms. The lowest BCUT2D eigenvalue weighted by atomic mass is 9.92. The largest absolute Gasteiger partial charge is 0.497 e. The average Bonchev–Trinajstić information content (AvgIpc) is 2.89. The minimum absolute atomic E-state index is 0.495. The summed E-state index contributed by atoms with van der Waals surface area (Å²) in [6, 6.07) is 8.84. The second-order valence-electron chi connectivity index (χ2n) is 6.32. The van der Waals surface area contributed by atoms with E-state index >= 15 is 0 Å². The molecule has 2 aromatic carbocycles.